The molecule has 0 aliphatic rings. The summed E-state index contributed by atoms with van der Waals surface area (Å²) in [6.07, 6.45) is 1.98. The first-order valence-electron chi connectivity index (χ1n) is 20.6. The Kier molecular flexibility index (Phi) is 8.91. The molecule has 0 aliphatic heterocycles. The molecule has 0 N–H and O–H groups in total. The lowest BCUT2D eigenvalue weighted by Crippen LogP contribution is -1.94. The van der Waals surface area contributed by atoms with E-state index < -0.39 is 0 Å². The largest absolute Gasteiger partial charge is 0.256 e. The Labute approximate surface area is 350 Å². The molecule has 1 aromatic heterocycles. The second-order valence-corrected chi connectivity index (χ2v) is 15.5. The Balaban J connectivity index is 1.13. The van der Waals surface area contributed by atoms with Crippen LogP contribution in [0.3, 0.4) is 0 Å². The van der Waals surface area contributed by atoms with Crippen LogP contribution in [-0.4, -0.2) is 4.98 Å². The van der Waals surface area contributed by atoms with E-state index in [2.05, 4.69) is 231 Å². The zero-order chi connectivity index (χ0) is 39.8. The summed E-state index contributed by atoms with van der Waals surface area (Å²) in [6.45, 7) is 0. The minimum Gasteiger partial charge on any atom is -0.256 e. The molecule has 10 aromatic carbocycles. The van der Waals surface area contributed by atoms with Gasteiger partial charge in [-0.15, -0.1) is 0 Å². The molecule has 0 radical (unpaired) electrons. The van der Waals surface area contributed by atoms with E-state index in [1.807, 2.05) is 6.20 Å². The molecule has 280 valence electrons. The lowest BCUT2D eigenvalue weighted by Gasteiger charge is -2.21. The molecule has 0 saturated carbocycles. The highest BCUT2D eigenvalue weighted by atomic mass is 14.7. The van der Waals surface area contributed by atoms with Crippen LogP contribution in [-0.2, 0) is 0 Å². The molecule has 0 unspecified atom stereocenters. The van der Waals surface area contributed by atoms with Crippen molar-refractivity contribution in [3.05, 3.63) is 237 Å². The normalized spacial score (nSPS) is 11.3. The molecular formula is C59H39N. The molecule has 0 atom stereocenters. The summed E-state index contributed by atoms with van der Waals surface area (Å²) in [5.74, 6) is 0. The van der Waals surface area contributed by atoms with Crippen molar-refractivity contribution in [3.63, 3.8) is 0 Å². The zero-order valence-corrected chi connectivity index (χ0v) is 33.0. The average Bonchev–Trinajstić information content (AvgIpc) is 3.33. The van der Waals surface area contributed by atoms with Crippen molar-refractivity contribution >= 4 is 32.3 Å². The maximum absolute atomic E-state index is 4.89. The lowest BCUT2D eigenvalue weighted by atomic mass is 9.82. The van der Waals surface area contributed by atoms with Crippen molar-refractivity contribution in [2.45, 2.75) is 0 Å². The fourth-order valence-corrected chi connectivity index (χ4v) is 9.10. The first-order valence-corrected chi connectivity index (χ1v) is 20.6. The van der Waals surface area contributed by atoms with Crippen LogP contribution in [0.4, 0.5) is 0 Å². The monoisotopic (exact) mass is 761 g/mol. The van der Waals surface area contributed by atoms with Crippen LogP contribution in [0, 0.1) is 0 Å². The van der Waals surface area contributed by atoms with Crippen molar-refractivity contribution in [1.82, 2.24) is 4.98 Å². The zero-order valence-electron chi connectivity index (χ0n) is 33.0. The lowest BCUT2D eigenvalue weighted by molar-refractivity contribution is 1.36. The summed E-state index contributed by atoms with van der Waals surface area (Å²) in [4.78, 5) is 4.89. The molecular weight excluding hydrogens is 723 g/mol. The predicted octanol–water partition coefficient (Wildman–Crippen LogP) is 16.2. The number of fused-ring (bicyclic) bond motifs is 3. The molecule has 1 heteroatoms. The van der Waals surface area contributed by atoms with Gasteiger partial charge in [0.2, 0.25) is 0 Å². The van der Waals surface area contributed by atoms with E-state index in [1.54, 1.807) is 0 Å². The molecule has 0 saturated heterocycles. The molecule has 0 bridgehead atoms. The van der Waals surface area contributed by atoms with E-state index in [0.717, 1.165) is 16.6 Å². The van der Waals surface area contributed by atoms with Crippen molar-refractivity contribution in [2.24, 2.45) is 0 Å². The smallest absolute Gasteiger partial charge is 0.0708 e. The van der Waals surface area contributed by atoms with Crippen LogP contribution in [0.1, 0.15) is 0 Å². The van der Waals surface area contributed by atoms with Gasteiger partial charge < -0.3 is 0 Å². The molecule has 11 aromatic rings. The summed E-state index contributed by atoms with van der Waals surface area (Å²) >= 11 is 0. The number of hydrogen-bond donors (Lipinski definition) is 0. The molecule has 0 aliphatic carbocycles. The second kappa shape index (κ2) is 15.1. The predicted molar refractivity (Wildman–Crippen MR) is 255 cm³/mol. The summed E-state index contributed by atoms with van der Waals surface area (Å²) in [5.41, 5.74) is 16.5. The Morgan fingerprint density at radius 1 is 0.233 bits per heavy atom. The van der Waals surface area contributed by atoms with Gasteiger partial charge in [-0.1, -0.05) is 200 Å². The Morgan fingerprint density at radius 3 is 1.13 bits per heavy atom. The fourth-order valence-electron chi connectivity index (χ4n) is 9.10. The van der Waals surface area contributed by atoms with Crippen LogP contribution in [0.15, 0.2) is 237 Å². The summed E-state index contributed by atoms with van der Waals surface area (Å²) < 4.78 is 0. The maximum Gasteiger partial charge on any atom is 0.0708 e. The highest BCUT2D eigenvalue weighted by Crippen LogP contribution is 2.47. The highest BCUT2D eigenvalue weighted by molar-refractivity contribution is 6.21. The molecule has 1 nitrogen and oxygen atoms in total. The van der Waals surface area contributed by atoms with Gasteiger partial charge in [0, 0.05) is 17.1 Å². The number of pyridine rings is 1. The van der Waals surface area contributed by atoms with E-state index >= 15 is 0 Å². The van der Waals surface area contributed by atoms with E-state index in [9.17, 15) is 0 Å². The summed E-state index contributed by atoms with van der Waals surface area (Å²) in [6, 6.07) is 83.7. The van der Waals surface area contributed by atoms with Gasteiger partial charge in [-0.3, -0.25) is 4.98 Å². The average molecular weight is 762 g/mol. The van der Waals surface area contributed by atoms with E-state index in [1.165, 1.54) is 93.7 Å². The van der Waals surface area contributed by atoms with E-state index in [4.69, 9.17) is 4.98 Å². The topological polar surface area (TPSA) is 12.9 Å². The highest BCUT2D eigenvalue weighted by Gasteiger charge is 2.21. The molecule has 0 spiro atoms. The molecule has 60 heavy (non-hydrogen) atoms. The second-order valence-electron chi connectivity index (χ2n) is 15.5. The minimum absolute atomic E-state index is 0.971. The van der Waals surface area contributed by atoms with E-state index in [-0.39, 0.29) is 0 Å². The van der Waals surface area contributed by atoms with Crippen molar-refractivity contribution in [1.29, 1.82) is 0 Å². The van der Waals surface area contributed by atoms with Crippen molar-refractivity contribution < 1.29 is 0 Å². The molecule has 0 amide bonds. The third kappa shape index (κ3) is 6.34. The van der Waals surface area contributed by atoms with Gasteiger partial charge in [0.25, 0.3) is 0 Å². The fraction of sp³-hybridized carbons (Fsp3) is 0. The Bertz CT molecular complexity index is 3230. The van der Waals surface area contributed by atoms with Crippen LogP contribution in [0.2, 0.25) is 0 Å². The minimum atomic E-state index is 0.971. The van der Waals surface area contributed by atoms with Gasteiger partial charge in [-0.2, -0.15) is 0 Å². The SMILES string of the molecule is c1ccc(-c2cc(-c3ccccc3)c(-c3cccc(-c4c5ccccc5c(-c5cccc(-c6cc7ccccc7cn6)c5)c5ccccc45)c3)c(-c3ccccc3)c2)cc1. The quantitative estimate of drug-likeness (QED) is 0.147. The first kappa shape index (κ1) is 35.3. The van der Waals surface area contributed by atoms with Gasteiger partial charge in [-0.05, 0) is 124 Å². The van der Waals surface area contributed by atoms with Gasteiger partial charge in [0.1, 0.15) is 0 Å². The van der Waals surface area contributed by atoms with Gasteiger partial charge in [0.05, 0.1) is 5.69 Å². The standard InChI is InChI=1S/C59H39N/c1-4-18-40(19-5-1)49-36-54(41-20-6-2-7-21-41)59(55(37-49)42-22-8-3-9-23-42)47-29-17-28-46(35-47)58-52-32-14-12-30-50(52)57(51-31-13-15-33-53(51)58)45-27-16-26-44(34-45)56-38-43-24-10-11-25-48(43)39-60-56/h1-39H. The third-order valence-electron chi connectivity index (χ3n) is 11.9. The van der Waals surface area contributed by atoms with Crippen LogP contribution in [0.5, 0.6) is 0 Å². The van der Waals surface area contributed by atoms with Gasteiger partial charge in [-0.25, -0.2) is 0 Å². The van der Waals surface area contributed by atoms with Gasteiger partial charge in [0.15, 0.2) is 0 Å². The third-order valence-corrected chi connectivity index (χ3v) is 11.9. The first-order chi connectivity index (χ1) is 29.8. The van der Waals surface area contributed by atoms with Crippen LogP contribution < -0.4 is 0 Å². The molecule has 0 fully saturated rings. The molecule has 1 heterocycles. The van der Waals surface area contributed by atoms with Crippen LogP contribution in [0.25, 0.3) is 110 Å². The summed E-state index contributed by atoms with van der Waals surface area (Å²) in [5, 5.41) is 7.23. The van der Waals surface area contributed by atoms with Crippen LogP contribution >= 0.6 is 0 Å². The van der Waals surface area contributed by atoms with Crippen molar-refractivity contribution in [2.75, 3.05) is 0 Å². The van der Waals surface area contributed by atoms with Crippen molar-refractivity contribution in [3.8, 4) is 78.0 Å². The number of aromatic nitrogens is 1. The van der Waals surface area contributed by atoms with E-state index in [0.29, 0.717) is 0 Å². The van der Waals surface area contributed by atoms with Gasteiger partial charge >= 0.3 is 0 Å². The number of benzene rings is 10. The Morgan fingerprint density at radius 2 is 0.617 bits per heavy atom. The Hall–Kier alpha value is -7.87. The molecule has 11 rings (SSSR count). The summed E-state index contributed by atoms with van der Waals surface area (Å²) in [7, 11) is 0. The number of rotatable bonds is 7. The number of nitrogens with zero attached hydrogens (tertiary/aromatic N) is 1. The maximum atomic E-state index is 4.89. The number of hydrogen-bond acceptors (Lipinski definition) is 1.